The van der Waals surface area contributed by atoms with Gasteiger partial charge in [-0.1, -0.05) is 0 Å². The number of nitrogens with one attached hydrogen (secondary N) is 2. The summed E-state index contributed by atoms with van der Waals surface area (Å²) < 4.78 is 14.7. The predicted octanol–water partition coefficient (Wildman–Crippen LogP) is 2.66. The molecule has 128 valence electrons. The van der Waals surface area contributed by atoms with Gasteiger partial charge in [0, 0.05) is 30.4 Å². The highest BCUT2D eigenvalue weighted by Gasteiger charge is 2.11. The molecule has 0 saturated heterocycles. The summed E-state index contributed by atoms with van der Waals surface area (Å²) >= 11 is 1.26. The molecule has 0 atom stereocenters. The Balaban J connectivity index is 1.55. The number of amides is 2. The second-order valence-corrected chi connectivity index (χ2v) is 6.20. The van der Waals surface area contributed by atoms with Crippen molar-refractivity contribution < 1.29 is 14.0 Å². The van der Waals surface area contributed by atoms with Crippen molar-refractivity contribution in [2.75, 3.05) is 11.9 Å². The van der Waals surface area contributed by atoms with Crippen LogP contribution in [-0.4, -0.2) is 27.9 Å². The van der Waals surface area contributed by atoms with Gasteiger partial charge in [0.15, 0.2) is 5.13 Å². The highest BCUT2D eigenvalue weighted by molar-refractivity contribution is 7.14. The second-order valence-electron chi connectivity index (χ2n) is 5.34. The normalized spacial score (nSPS) is 10.5. The Bertz CT molecular complexity index is 902. The predicted molar refractivity (Wildman–Crippen MR) is 93.9 cm³/mol. The van der Waals surface area contributed by atoms with Gasteiger partial charge in [0.1, 0.15) is 5.82 Å². The molecule has 2 heterocycles. The molecule has 0 aliphatic carbocycles. The maximum absolute atomic E-state index is 12.9. The van der Waals surface area contributed by atoms with Crippen molar-refractivity contribution in [1.29, 1.82) is 0 Å². The zero-order chi connectivity index (χ0) is 17.8. The van der Waals surface area contributed by atoms with Crippen LogP contribution in [0.5, 0.6) is 0 Å². The van der Waals surface area contributed by atoms with Crippen molar-refractivity contribution in [3.63, 3.8) is 0 Å². The van der Waals surface area contributed by atoms with Crippen molar-refractivity contribution in [2.24, 2.45) is 7.05 Å². The van der Waals surface area contributed by atoms with E-state index in [0.717, 1.165) is 5.56 Å². The van der Waals surface area contributed by atoms with Gasteiger partial charge in [-0.3, -0.25) is 9.59 Å². The Morgan fingerprint density at radius 3 is 2.68 bits per heavy atom. The zero-order valence-electron chi connectivity index (χ0n) is 13.3. The molecule has 0 fully saturated rings. The van der Waals surface area contributed by atoms with E-state index in [1.54, 1.807) is 40.5 Å². The molecular formula is C17H15FN4O2S. The molecule has 25 heavy (non-hydrogen) atoms. The van der Waals surface area contributed by atoms with Crippen LogP contribution in [0, 0.1) is 5.82 Å². The Hall–Kier alpha value is -3.00. The van der Waals surface area contributed by atoms with E-state index >= 15 is 0 Å². The molecule has 0 bridgehead atoms. The number of carbonyl (C=O) groups is 2. The van der Waals surface area contributed by atoms with E-state index in [-0.39, 0.29) is 24.2 Å². The largest absolute Gasteiger partial charge is 0.356 e. The highest BCUT2D eigenvalue weighted by atomic mass is 32.1. The van der Waals surface area contributed by atoms with Gasteiger partial charge in [-0.15, -0.1) is 11.3 Å². The monoisotopic (exact) mass is 358 g/mol. The van der Waals surface area contributed by atoms with Gasteiger partial charge in [-0.25, -0.2) is 9.37 Å². The molecule has 0 spiro atoms. The topological polar surface area (TPSA) is 76.0 Å². The third-order valence-electron chi connectivity index (χ3n) is 3.39. The van der Waals surface area contributed by atoms with Crippen LogP contribution in [0.15, 0.2) is 48.1 Å². The summed E-state index contributed by atoms with van der Waals surface area (Å²) in [4.78, 5) is 28.1. The molecule has 0 radical (unpaired) electrons. The first-order chi connectivity index (χ1) is 12.0. The fourth-order valence-electron chi connectivity index (χ4n) is 2.15. The lowest BCUT2D eigenvalue weighted by Gasteiger charge is -2.03. The number of aromatic nitrogens is 2. The summed E-state index contributed by atoms with van der Waals surface area (Å²) in [6, 6.07) is 7.62. The van der Waals surface area contributed by atoms with E-state index in [9.17, 15) is 14.0 Å². The number of aryl methyl sites for hydroxylation is 1. The van der Waals surface area contributed by atoms with Crippen molar-refractivity contribution in [3.05, 3.63) is 59.5 Å². The number of carbonyl (C=O) groups excluding carboxylic acids is 2. The summed E-state index contributed by atoms with van der Waals surface area (Å²) in [5, 5.41) is 7.36. The van der Waals surface area contributed by atoms with Crippen molar-refractivity contribution in [1.82, 2.24) is 14.9 Å². The van der Waals surface area contributed by atoms with Crippen LogP contribution in [0.25, 0.3) is 11.3 Å². The Labute approximate surface area is 147 Å². The van der Waals surface area contributed by atoms with E-state index in [4.69, 9.17) is 0 Å². The molecular weight excluding hydrogens is 343 g/mol. The van der Waals surface area contributed by atoms with Gasteiger partial charge < -0.3 is 15.2 Å². The summed E-state index contributed by atoms with van der Waals surface area (Å²) in [6.45, 7) is -0.154. The van der Waals surface area contributed by atoms with E-state index in [1.807, 2.05) is 7.05 Å². The Morgan fingerprint density at radius 1 is 1.24 bits per heavy atom. The van der Waals surface area contributed by atoms with Crippen molar-refractivity contribution in [2.45, 2.75) is 0 Å². The average Bonchev–Trinajstić information content (AvgIpc) is 3.22. The summed E-state index contributed by atoms with van der Waals surface area (Å²) in [5.74, 6) is -1.01. The molecule has 3 aromatic rings. The number of halogens is 1. The number of nitrogens with zero attached hydrogens (tertiary/aromatic N) is 2. The molecule has 6 nitrogen and oxygen atoms in total. The molecule has 2 amide bonds. The van der Waals surface area contributed by atoms with Gasteiger partial charge in [0.2, 0.25) is 5.91 Å². The smallest absolute Gasteiger partial charge is 0.253 e. The van der Waals surface area contributed by atoms with Crippen LogP contribution in [0.1, 0.15) is 10.4 Å². The van der Waals surface area contributed by atoms with Crippen LogP contribution >= 0.6 is 11.3 Å². The maximum atomic E-state index is 12.9. The maximum Gasteiger partial charge on any atom is 0.253 e. The van der Waals surface area contributed by atoms with Crippen LogP contribution in [-0.2, 0) is 11.8 Å². The van der Waals surface area contributed by atoms with Gasteiger partial charge in [0.05, 0.1) is 17.8 Å². The van der Waals surface area contributed by atoms with Gasteiger partial charge >= 0.3 is 0 Å². The molecule has 2 aromatic heterocycles. The standard InChI is InChI=1S/C17H15FN4O2S/c1-22-7-6-12(9-22)16(24)19-8-15(23)21-17-20-14(10-25-17)11-2-4-13(18)5-3-11/h2-7,9-10H,8H2,1H3,(H,19,24)(H,20,21,23). The lowest BCUT2D eigenvalue weighted by molar-refractivity contribution is -0.115. The molecule has 0 unspecified atom stereocenters. The van der Waals surface area contributed by atoms with Crippen molar-refractivity contribution >= 4 is 28.3 Å². The van der Waals surface area contributed by atoms with Crippen LogP contribution in [0.2, 0.25) is 0 Å². The highest BCUT2D eigenvalue weighted by Crippen LogP contribution is 2.24. The minimum absolute atomic E-state index is 0.154. The number of benzene rings is 1. The lowest BCUT2D eigenvalue weighted by atomic mass is 10.2. The van der Waals surface area contributed by atoms with E-state index in [2.05, 4.69) is 15.6 Å². The number of rotatable bonds is 5. The third kappa shape index (κ3) is 4.30. The number of thiazole rings is 1. The fraction of sp³-hybridized carbons (Fsp3) is 0.118. The van der Waals surface area contributed by atoms with Crippen LogP contribution < -0.4 is 10.6 Å². The molecule has 3 rings (SSSR count). The molecule has 8 heteroatoms. The molecule has 0 aliphatic rings. The minimum Gasteiger partial charge on any atom is -0.356 e. The lowest BCUT2D eigenvalue weighted by Crippen LogP contribution is -2.32. The third-order valence-corrected chi connectivity index (χ3v) is 4.15. The fourth-order valence-corrected chi connectivity index (χ4v) is 2.88. The zero-order valence-corrected chi connectivity index (χ0v) is 14.1. The first-order valence-electron chi connectivity index (χ1n) is 7.43. The van der Waals surface area contributed by atoms with E-state index < -0.39 is 0 Å². The first kappa shape index (κ1) is 16.8. The summed E-state index contributed by atoms with van der Waals surface area (Å²) in [5.41, 5.74) is 1.90. The number of anilines is 1. The number of hydrogen-bond acceptors (Lipinski definition) is 4. The molecule has 2 N–H and O–H groups in total. The second kappa shape index (κ2) is 7.27. The quantitative estimate of drug-likeness (QED) is 0.736. The summed E-state index contributed by atoms with van der Waals surface area (Å²) in [6.07, 6.45) is 3.42. The van der Waals surface area contributed by atoms with Crippen LogP contribution in [0.4, 0.5) is 9.52 Å². The molecule has 0 saturated carbocycles. The van der Waals surface area contributed by atoms with Gasteiger partial charge in [-0.05, 0) is 30.3 Å². The average molecular weight is 358 g/mol. The summed E-state index contributed by atoms with van der Waals surface area (Å²) in [7, 11) is 1.81. The Kier molecular flexibility index (Phi) is 4.90. The van der Waals surface area contributed by atoms with Crippen molar-refractivity contribution in [3.8, 4) is 11.3 Å². The first-order valence-corrected chi connectivity index (χ1v) is 8.31. The van der Waals surface area contributed by atoms with Crippen LogP contribution in [0.3, 0.4) is 0 Å². The van der Waals surface area contributed by atoms with E-state index in [1.165, 1.54) is 23.5 Å². The number of hydrogen-bond donors (Lipinski definition) is 2. The molecule has 1 aromatic carbocycles. The van der Waals surface area contributed by atoms with E-state index in [0.29, 0.717) is 16.4 Å². The molecule has 0 aliphatic heterocycles. The SMILES string of the molecule is Cn1ccc(C(=O)NCC(=O)Nc2nc(-c3ccc(F)cc3)cs2)c1. The minimum atomic E-state index is -0.371. The van der Waals surface area contributed by atoms with Gasteiger partial charge in [0.25, 0.3) is 5.91 Å². The Morgan fingerprint density at radius 2 is 2.00 bits per heavy atom. The van der Waals surface area contributed by atoms with Gasteiger partial charge in [-0.2, -0.15) is 0 Å².